The topological polar surface area (TPSA) is 96.7 Å². The van der Waals surface area contributed by atoms with E-state index in [1.165, 1.54) is 11.3 Å². The second-order valence-corrected chi connectivity index (χ2v) is 12.2. The Morgan fingerprint density at radius 2 is 2.03 bits per heavy atom. The Bertz CT molecular complexity index is 1330. The van der Waals surface area contributed by atoms with Gasteiger partial charge >= 0.3 is 5.97 Å². The molecule has 0 saturated heterocycles. The van der Waals surface area contributed by atoms with Gasteiger partial charge in [0.25, 0.3) is 0 Å². The first-order chi connectivity index (χ1) is 17.2. The van der Waals surface area contributed by atoms with Crippen molar-refractivity contribution in [2.45, 2.75) is 52.0 Å². The Hall–Kier alpha value is -2.85. The Morgan fingerprint density at radius 1 is 1.22 bits per heavy atom. The molecule has 0 aliphatic heterocycles. The number of thiazole rings is 1. The van der Waals surface area contributed by atoms with Gasteiger partial charge in [0, 0.05) is 33.3 Å². The highest BCUT2D eigenvalue weighted by molar-refractivity contribution is 7.90. The summed E-state index contributed by atoms with van der Waals surface area (Å²) in [5.41, 5.74) is 4.15. The summed E-state index contributed by atoms with van der Waals surface area (Å²) in [7, 11) is 0. The van der Waals surface area contributed by atoms with Gasteiger partial charge in [-0.05, 0) is 57.5 Å². The van der Waals surface area contributed by atoms with Crippen LogP contribution in [0.15, 0.2) is 58.5 Å². The van der Waals surface area contributed by atoms with Crippen molar-refractivity contribution in [3.05, 3.63) is 70.2 Å². The summed E-state index contributed by atoms with van der Waals surface area (Å²) in [4.78, 5) is 16.7. The minimum Gasteiger partial charge on any atom is -0.598 e. The van der Waals surface area contributed by atoms with Gasteiger partial charge in [0.2, 0.25) is 0 Å². The van der Waals surface area contributed by atoms with Crippen molar-refractivity contribution < 1.29 is 23.2 Å². The highest BCUT2D eigenvalue weighted by atomic mass is 32.2. The molecule has 2 heterocycles. The summed E-state index contributed by atoms with van der Waals surface area (Å²) < 4.78 is 32.0. The minimum atomic E-state index is -1.17. The predicted octanol–water partition coefficient (Wildman–Crippen LogP) is 5.79. The van der Waals surface area contributed by atoms with Crippen LogP contribution in [0.25, 0.3) is 22.2 Å². The first-order valence-corrected chi connectivity index (χ1v) is 13.7. The Kier molecular flexibility index (Phi) is 8.35. The van der Waals surface area contributed by atoms with Crippen LogP contribution in [0, 0.1) is 0 Å². The standard InChI is InChI=1S/C27H30N2O5S2/c1-5-32-25(30)14-19-8-6-7-9-23(19)34-16-18-12-20-10-11-33-26(20)21(13-18)22-17-35-24(29-22)15-28-36(31)27(2,3)4/h6-13,17,28H,5,14-16H2,1-4H3. The predicted molar refractivity (Wildman–Crippen MR) is 143 cm³/mol. The number of aromatic nitrogens is 1. The summed E-state index contributed by atoms with van der Waals surface area (Å²) in [6.07, 6.45) is 1.82. The Balaban J connectivity index is 1.52. The summed E-state index contributed by atoms with van der Waals surface area (Å²) in [5, 5.41) is 3.78. The number of benzene rings is 2. The van der Waals surface area contributed by atoms with Crippen molar-refractivity contribution in [2.75, 3.05) is 6.61 Å². The largest absolute Gasteiger partial charge is 0.598 e. The average Bonchev–Trinajstić information content (AvgIpc) is 3.50. The molecule has 0 aliphatic carbocycles. The van der Waals surface area contributed by atoms with Crippen LogP contribution in [0.2, 0.25) is 0 Å². The van der Waals surface area contributed by atoms with Crippen LogP contribution in [0.1, 0.15) is 43.8 Å². The third-order valence-corrected chi connectivity index (χ3v) is 7.72. The SMILES string of the molecule is CCOC(=O)Cc1ccccc1OCc1cc(-c2csc(CN[S+]([O-])C(C)(C)C)n2)c2occc2c1. The first-order valence-electron chi connectivity index (χ1n) is 11.7. The minimum absolute atomic E-state index is 0.158. The number of furan rings is 1. The van der Waals surface area contributed by atoms with Gasteiger partial charge < -0.3 is 18.4 Å². The van der Waals surface area contributed by atoms with Gasteiger partial charge in [-0.3, -0.25) is 4.79 Å². The molecule has 4 aromatic rings. The molecule has 9 heteroatoms. The highest BCUT2D eigenvalue weighted by Crippen LogP contribution is 2.33. The molecule has 0 amide bonds. The molecule has 1 unspecified atom stereocenters. The van der Waals surface area contributed by atoms with Gasteiger partial charge in [0.15, 0.2) is 0 Å². The van der Waals surface area contributed by atoms with Gasteiger partial charge in [-0.25, -0.2) is 4.98 Å². The van der Waals surface area contributed by atoms with Gasteiger partial charge in [-0.1, -0.05) is 18.2 Å². The van der Waals surface area contributed by atoms with Gasteiger partial charge in [0.1, 0.15) is 27.7 Å². The zero-order valence-corrected chi connectivity index (χ0v) is 22.5. The molecule has 0 saturated carbocycles. The number of hydrogen-bond donors (Lipinski definition) is 1. The number of nitrogens with zero attached hydrogens (tertiary/aromatic N) is 1. The number of fused-ring (bicyclic) bond motifs is 1. The number of ether oxygens (including phenoxy) is 2. The number of carbonyl (C=O) groups excluding carboxylic acids is 1. The normalized spacial score (nSPS) is 12.6. The maximum atomic E-state index is 12.3. The lowest BCUT2D eigenvalue weighted by Gasteiger charge is -2.23. The smallest absolute Gasteiger partial charge is 0.310 e. The van der Waals surface area contributed by atoms with Crippen LogP contribution in [-0.4, -0.2) is 26.9 Å². The van der Waals surface area contributed by atoms with Gasteiger partial charge in [-0.15, -0.1) is 16.1 Å². The fraction of sp³-hybridized carbons (Fsp3) is 0.333. The van der Waals surface area contributed by atoms with Crippen LogP contribution in [0.3, 0.4) is 0 Å². The number of esters is 1. The zero-order chi connectivity index (χ0) is 25.7. The van der Waals surface area contributed by atoms with E-state index >= 15 is 0 Å². The lowest BCUT2D eigenvalue weighted by molar-refractivity contribution is -0.142. The number of rotatable bonds is 10. The average molecular weight is 527 g/mol. The van der Waals surface area contributed by atoms with E-state index in [0.717, 1.165) is 38.4 Å². The molecule has 0 bridgehead atoms. The fourth-order valence-electron chi connectivity index (χ4n) is 3.60. The van der Waals surface area contributed by atoms with Crippen molar-refractivity contribution in [3.63, 3.8) is 0 Å². The molecule has 0 radical (unpaired) electrons. The quantitative estimate of drug-likeness (QED) is 0.206. The summed E-state index contributed by atoms with van der Waals surface area (Å²) >= 11 is 0.343. The van der Waals surface area contributed by atoms with Crippen LogP contribution >= 0.6 is 11.3 Å². The van der Waals surface area contributed by atoms with Crippen molar-refractivity contribution in [1.29, 1.82) is 0 Å². The highest BCUT2D eigenvalue weighted by Gasteiger charge is 2.26. The second kappa shape index (κ2) is 11.5. The number of carbonyl (C=O) groups is 1. The van der Waals surface area contributed by atoms with E-state index in [-0.39, 0.29) is 17.1 Å². The van der Waals surface area contributed by atoms with E-state index in [4.69, 9.17) is 18.9 Å². The maximum Gasteiger partial charge on any atom is 0.310 e. The van der Waals surface area contributed by atoms with E-state index in [2.05, 4.69) is 4.72 Å². The van der Waals surface area contributed by atoms with Crippen LogP contribution in [0.5, 0.6) is 5.75 Å². The molecule has 2 aromatic heterocycles. The molecular weight excluding hydrogens is 496 g/mol. The summed E-state index contributed by atoms with van der Waals surface area (Å²) in [6, 6.07) is 13.4. The summed E-state index contributed by atoms with van der Waals surface area (Å²) in [6.45, 7) is 8.67. The molecule has 7 nitrogen and oxygen atoms in total. The molecule has 1 N–H and O–H groups in total. The molecule has 0 fully saturated rings. The molecule has 2 aromatic carbocycles. The van der Waals surface area contributed by atoms with E-state index < -0.39 is 11.4 Å². The molecule has 0 spiro atoms. The monoisotopic (exact) mass is 526 g/mol. The molecule has 4 rings (SSSR count). The summed E-state index contributed by atoms with van der Waals surface area (Å²) in [5.74, 6) is 0.365. The van der Waals surface area contributed by atoms with E-state index in [9.17, 15) is 9.35 Å². The second-order valence-electron chi connectivity index (χ2n) is 9.19. The van der Waals surface area contributed by atoms with Crippen LogP contribution in [0.4, 0.5) is 0 Å². The first kappa shape index (κ1) is 26.2. The lowest BCUT2D eigenvalue weighted by atomic mass is 10.1. The van der Waals surface area contributed by atoms with E-state index in [0.29, 0.717) is 25.5 Å². The Labute approximate surface area is 218 Å². The fourth-order valence-corrected chi connectivity index (χ4v) is 5.12. The zero-order valence-electron chi connectivity index (χ0n) is 20.8. The number of hydrogen-bond acceptors (Lipinski definition) is 8. The number of nitrogens with one attached hydrogen (secondary N) is 1. The van der Waals surface area contributed by atoms with Crippen molar-refractivity contribution in [2.24, 2.45) is 0 Å². The van der Waals surface area contributed by atoms with E-state index in [1.807, 2.05) is 68.6 Å². The van der Waals surface area contributed by atoms with E-state index in [1.54, 1.807) is 13.2 Å². The number of para-hydroxylation sites is 1. The van der Waals surface area contributed by atoms with Crippen LogP contribution in [-0.2, 0) is 40.5 Å². The molecule has 190 valence electrons. The molecular formula is C27H30N2O5S2. The van der Waals surface area contributed by atoms with Crippen molar-refractivity contribution in [3.8, 4) is 17.0 Å². The molecule has 36 heavy (non-hydrogen) atoms. The third kappa shape index (κ3) is 6.47. The van der Waals surface area contributed by atoms with Gasteiger partial charge in [0.05, 0.1) is 31.5 Å². The van der Waals surface area contributed by atoms with Crippen molar-refractivity contribution in [1.82, 2.24) is 9.71 Å². The Morgan fingerprint density at radius 3 is 2.81 bits per heavy atom. The third-order valence-electron chi connectivity index (χ3n) is 5.36. The molecule has 1 atom stereocenters. The molecule has 0 aliphatic rings. The maximum absolute atomic E-state index is 12.3. The van der Waals surface area contributed by atoms with Gasteiger partial charge in [-0.2, -0.15) is 0 Å². The van der Waals surface area contributed by atoms with Crippen molar-refractivity contribution >= 4 is 39.6 Å². The lowest BCUT2D eigenvalue weighted by Crippen LogP contribution is -2.38. The van der Waals surface area contributed by atoms with Crippen LogP contribution < -0.4 is 9.46 Å².